The van der Waals surface area contributed by atoms with Gasteiger partial charge in [0.2, 0.25) is 5.82 Å². The van der Waals surface area contributed by atoms with Crippen molar-refractivity contribution in [2.24, 2.45) is 14.1 Å². The number of nitrogens with zero attached hydrogens (tertiary/aromatic N) is 4. The van der Waals surface area contributed by atoms with E-state index in [0.717, 1.165) is 9.25 Å². The second-order valence-corrected chi connectivity index (χ2v) is 4.10. The Kier molecular flexibility index (Phi) is 4.06. The number of aliphatic hydroxyl groups excluding tert-OH is 1. The summed E-state index contributed by atoms with van der Waals surface area (Å²) < 4.78 is 2.12. The molecular weight excluding hydrogens is 224 g/mol. The molecule has 1 heterocycles. The van der Waals surface area contributed by atoms with Crippen LogP contribution in [-0.2, 0) is 14.1 Å². The molecule has 0 fully saturated rings. The second-order valence-electron chi connectivity index (χ2n) is 4.10. The van der Waals surface area contributed by atoms with E-state index in [1.165, 1.54) is 14.1 Å². The molecule has 0 saturated heterocycles. The first kappa shape index (κ1) is 13.4. The minimum absolute atomic E-state index is 0.0138. The van der Waals surface area contributed by atoms with Crippen LogP contribution in [0.1, 0.15) is 13.8 Å². The highest BCUT2D eigenvalue weighted by molar-refractivity contribution is 5.35. The van der Waals surface area contributed by atoms with Crippen molar-refractivity contribution in [3.8, 4) is 0 Å². The van der Waals surface area contributed by atoms with Crippen LogP contribution in [0, 0.1) is 0 Å². The molecule has 0 aromatic carbocycles. The number of anilines is 1. The smallest absolute Gasteiger partial charge is 0.346 e. The predicted octanol–water partition coefficient (Wildman–Crippen LogP) is -1.31. The summed E-state index contributed by atoms with van der Waals surface area (Å²) in [6.07, 6.45) is 0. The molecule has 0 bridgehead atoms. The molecule has 0 saturated carbocycles. The zero-order chi connectivity index (χ0) is 13.2. The van der Waals surface area contributed by atoms with Crippen molar-refractivity contribution in [1.29, 1.82) is 0 Å². The Morgan fingerprint density at radius 2 is 1.94 bits per heavy atom. The summed E-state index contributed by atoms with van der Waals surface area (Å²) in [5, 5.41) is 12.9. The van der Waals surface area contributed by atoms with Crippen LogP contribution < -0.4 is 16.1 Å². The first-order chi connectivity index (χ1) is 7.90. The maximum atomic E-state index is 11.9. The van der Waals surface area contributed by atoms with Crippen molar-refractivity contribution in [1.82, 2.24) is 14.3 Å². The number of hydrogen-bond acceptors (Lipinski definition) is 5. The van der Waals surface area contributed by atoms with Crippen molar-refractivity contribution in [3.63, 3.8) is 0 Å². The van der Waals surface area contributed by atoms with E-state index in [2.05, 4.69) is 5.10 Å². The van der Waals surface area contributed by atoms with E-state index in [4.69, 9.17) is 5.11 Å². The molecule has 0 aliphatic rings. The molecule has 0 amide bonds. The predicted molar refractivity (Wildman–Crippen MR) is 64.3 cm³/mol. The Bertz CT molecular complexity index is 503. The van der Waals surface area contributed by atoms with Gasteiger partial charge in [0.05, 0.1) is 6.61 Å². The van der Waals surface area contributed by atoms with Gasteiger partial charge in [-0.15, -0.1) is 5.10 Å². The topological polar surface area (TPSA) is 80.4 Å². The van der Waals surface area contributed by atoms with Gasteiger partial charge >= 0.3 is 5.69 Å². The van der Waals surface area contributed by atoms with Crippen LogP contribution in [0.25, 0.3) is 0 Å². The van der Waals surface area contributed by atoms with E-state index in [-0.39, 0.29) is 18.5 Å². The van der Waals surface area contributed by atoms with Crippen molar-refractivity contribution in [2.45, 2.75) is 19.9 Å². The van der Waals surface area contributed by atoms with Gasteiger partial charge in [-0.3, -0.25) is 9.36 Å². The van der Waals surface area contributed by atoms with Crippen LogP contribution in [0.2, 0.25) is 0 Å². The Balaban J connectivity index is 3.39. The summed E-state index contributed by atoms with van der Waals surface area (Å²) in [5.74, 6) is 0.179. The van der Waals surface area contributed by atoms with Crippen molar-refractivity contribution >= 4 is 5.82 Å². The lowest BCUT2D eigenvalue weighted by Crippen LogP contribution is -2.45. The first-order valence-electron chi connectivity index (χ1n) is 5.42. The fourth-order valence-electron chi connectivity index (χ4n) is 1.58. The van der Waals surface area contributed by atoms with Gasteiger partial charge in [-0.1, -0.05) is 0 Å². The van der Waals surface area contributed by atoms with Gasteiger partial charge < -0.3 is 10.0 Å². The summed E-state index contributed by atoms with van der Waals surface area (Å²) in [6, 6.07) is 0.0138. The van der Waals surface area contributed by atoms with E-state index >= 15 is 0 Å². The van der Waals surface area contributed by atoms with Crippen LogP contribution in [0.3, 0.4) is 0 Å². The highest BCUT2D eigenvalue weighted by atomic mass is 16.3. The summed E-state index contributed by atoms with van der Waals surface area (Å²) >= 11 is 0. The molecule has 0 aliphatic heterocycles. The van der Waals surface area contributed by atoms with E-state index in [1.807, 2.05) is 13.8 Å². The molecular formula is C10H18N4O3. The highest BCUT2D eigenvalue weighted by Crippen LogP contribution is 2.06. The standard InChI is InChI=1S/C10H18N4O3/c1-7(2)14(5-6-15)8-9(16)12(3)10(17)13(4)11-8/h7,15H,5-6H2,1-4H3. The molecule has 0 aliphatic carbocycles. The third-order valence-electron chi connectivity index (χ3n) is 2.54. The molecule has 96 valence electrons. The maximum absolute atomic E-state index is 11.9. The lowest BCUT2D eigenvalue weighted by atomic mass is 10.3. The van der Waals surface area contributed by atoms with Gasteiger partial charge in [-0.25, -0.2) is 9.48 Å². The zero-order valence-electron chi connectivity index (χ0n) is 10.5. The van der Waals surface area contributed by atoms with Crippen molar-refractivity contribution < 1.29 is 5.11 Å². The number of aromatic nitrogens is 3. The average molecular weight is 242 g/mol. The van der Waals surface area contributed by atoms with Gasteiger partial charge in [0.25, 0.3) is 5.56 Å². The Morgan fingerprint density at radius 1 is 1.35 bits per heavy atom. The molecule has 0 unspecified atom stereocenters. The maximum Gasteiger partial charge on any atom is 0.346 e. The third kappa shape index (κ3) is 2.55. The zero-order valence-corrected chi connectivity index (χ0v) is 10.5. The van der Waals surface area contributed by atoms with Crippen LogP contribution in [-0.4, -0.2) is 38.6 Å². The average Bonchev–Trinajstić information content (AvgIpc) is 2.28. The van der Waals surface area contributed by atoms with E-state index in [9.17, 15) is 9.59 Å². The molecule has 0 spiro atoms. The second kappa shape index (κ2) is 5.13. The van der Waals surface area contributed by atoms with Crippen molar-refractivity contribution in [3.05, 3.63) is 20.8 Å². The Morgan fingerprint density at radius 3 is 2.41 bits per heavy atom. The van der Waals surface area contributed by atoms with Gasteiger partial charge in [-0.2, -0.15) is 0 Å². The van der Waals surface area contributed by atoms with Gasteiger partial charge in [0.15, 0.2) is 0 Å². The van der Waals surface area contributed by atoms with Crippen LogP contribution >= 0.6 is 0 Å². The first-order valence-corrected chi connectivity index (χ1v) is 5.42. The fraction of sp³-hybridized carbons (Fsp3) is 0.700. The number of hydrogen-bond donors (Lipinski definition) is 1. The van der Waals surface area contributed by atoms with Crippen molar-refractivity contribution in [2.75, 3.05) is 18.1 Å². The summed E-state index contributed by atoms with van der Waals surface area (Å²) in [5.41, 5.74) is -0.915. The van der Waals surface area contributed by atoms with Crippen LogP contribution in [0.4, 0.5) is 5.82 Å². The molecule has 0 atom stereocenters. The van der Waals surface area contributed by atoms with Crippen LogP contribution in [0.15, 0.2) is 9.59 Å². The lowest BCUT2D eigenvalue weighted by Gasteiger charge is -2.26. The van der Waals surface area contributed by atoms with E-state index < -0.39 is 11.2 Å². The molecule has 0 radical (unpaired) electrons. The Hall–Kier alpha value is -1.63. The highest BCUT2D eigenvalue weighted by Gasteiger charge is 2.18. The molecule has 7 heteroatoms. The minimum Gasteiger partial charge on any atom is -0.395 e. The van der Waals surface area contributed by atoms with Gasteiger partial charge in [-0.05, 0) is 13.8 Å². The molecule has 1 aromatic heterocycles. The summed E-state index contributed by atoms with van der Waals surface area (Å²) in [6.45, 7) is 4.01. The number of rotatable bonds is 4. The quantitative estimate of drug-likeness (QED) is 0.709. The largest absolute Gasteiger partial charge is 0.395 e. The Labute approximate surface area is 98.9 Å². The molecule has 1 aromatic rings. The van der Waals surface area contributed by atoms with Crippen LogP contribution in [0.5, 0.6) is 0 Å². The number of aliphatic hydroxyl groups is 1. The fourth-order valence-corrected chi connectivity index (χ4v) is 1.58. The molecule has 1 N–H and O–H groups in total. The summed E-state index contributed by atoms with van der Waals surface area (Å²) in [4.78, 5) is 25.1. The third-order valence-corrected chi connectivity index (χ3v) is 2.54. The number of aryl methyl sites for hydroxylation is 1. The lowest BCUT2D eigenvalue weighted by molar-refractivity contribution is 0.298. The molecule has 1 rings (SSSR count). The SMILES string of the molecule is CC(C)N(CCO)c1nn(C)c(=O)n(C)c1=O. The monoisotopic (exact) mass is 242 g/mol. The normalized spacial score (nSPS) is 10.9. The van der Waals surface area contributed by atoms with E-state index in [0.29, 0.717) is 6.54 Å². The van der Waals surface area contributed by atoms with Gasteiger partial charge in [0.1, 0.15) is 0 Å². The van der Waals surface area contributed by atoms with Gasteiger partial charge in [0, 0.05) is 26.7 Å². The van der Waals surface area contributed by atoms with E-state index in [1.54, 1.807) is 4.90 Å². The minimum atomic E-state index is -0.466. The molecule has 7 nitrogen and oxygen atoms in total. The molecule has 17 heavy (non-hydrogen) atoms. The summed E-state index contributed by atoms with van der Waals surface area (Å²) in [7, 11) is 2.90.